The third kappa shape index (κ3) is 2.22. The van der Waals surface area contributed by atoms with Crippen LogP contribution in [0.15, 0.2) is 18.2 Å². The Kier molecular flexibility index (Phi) is 3.27. The van der Waals surface area contributed by atoms with Crippen molar-refractivity contribution in [1.82, 2.24) is 5.32 Å². The summed E-state index contributed by atoms with van der Waals surface area (Å²) in [7, 11) is 1.79. The Morgan fingerprint density at radius 3 is 2.35 bits per heavy atom. The predicted octanol–water partition coefficient (Wildman–Crippen LogP) is 4.15. The van der Waals surface area contributed by atoms with Gasteiger partial charge in [-0.3, -0.25) is 0 Å². The largest absolute Gasteiger partial charge is 0.419 e. The lowest BCUT2D eigenvalue weighted by Gasteiger charge is -2.20. The smallest absolute Gasteiger partial charge is 0.313 e. The van der Waals surface area contributed by atoms with Crippen LogP contribution in [-0.2, 0) is 6.18 Å². The van der Waals surface area contributed by atoms with E-state index < -0.39 is 17.6 Å². The minimum Gasteiger partial charge on any atom is -0.313 e. The highest BCUT2D eigenvalue weighted by atomic mass is 19.4. The molecule has 1 N–H and O–H groups in total. The average Bonchev–Trinajstić information content (AvgIpc) is 2.83. The molecular formula is C15H17F4N. The molecule has 1 nitrogen and oxygen atoms in total. The van der Waals surface area contributed by atoms with Crippen LogP contribution in [0.4, 0.5) is 17.6 Å². The SMILES string of the molecule is CNC(c1ccc(C(F)(F)F)c(F)c1)C1C2CCCC21. The molecule has 0 amide bonds. The summed E-state index contributed by atoms with van der Waals surface area (Å²) in [6.07, 6.45) is -1.01. The zero-order valence-corrected chi connectivity index (χ0v) is 11.2. The Hall–Kier alpha value is -1.10. The number of fused-ring (bicyclic) bond motifs is 1. The molecule has 0 spiro atoms. The lowest BCUT2D eigenvalue weighted by molar-refractivity contribution is -0.140. The van der Waals surface area contributed by atoms with Gasteiger partial charge < -0.3 is 5.32 Å². The van der Waals surface area contributed by atoms with E-state index in [1.165, 1.54) is 25.3 Å². The van der Waals surface area contributed by atoms with Gasteiger partial charge >= 0.3 is 6.18 Å². The third-order valence-electron chi connectivity index (χ3n) is 4.83. The second kappa shape index (κ2) is 4.72. The Bertz CT molecular complexity index is 501. The van der Waals surface area contributed by atoms with Crippen LogP contribution in [0.3, 0.4) is 0 Å². The highest BCUT2D eigenvalue weighted by molar-refractivity contribution is 5.30. The zero-order valence-electron chi connectivity index (χ0n) is 11.2. The van der Waals surface area contributed by atoms with Gasteiger partial charge in [-0.05, 0) is 55.3 Å². The number of hydrogen-bond donors (Lipinski definition) is 1. The molecule has 2 saturated carbocycles. The topological polar surface area (TPSA) is 12.0 Å². The van der Waals surface area contributed by atoms with Crippen LogP contribution in [0.25, 0.3) is 0 Å². The molecule has 2 fully saturated rings. The van der Waals surface area contributed by atoms with Crippen molar-refractivity contribution in [2.75, 3.05) is 7.05 Å². The van der Waals surface area contributed by atoms with Crippen LogP contribution in [-0.4, -0.2) is 7.05 Å². The number of rotatable bonds is 3. The Morgan fingerprint density at radius 2 is 1.85 bits per heavy atom. The first-order valence-electron chi connectivity index (χ1n) is 6.97. The minimum atomic E-state index is -4.63. The van der Waals surface area contributed by atoms with E-state index in [1.54, 1.807) is 7.05 Å². The van der Waals surface area contributed by atoms with Crippen LogP contribution in [0, 0.1) is 23.6 Å². The predicted molar refractivity (Wildman–Crippen MR) is 67.5 cm³/mol. The summed E-state index contributed by atoms with van der Waals surface area (Å²) in [4.78, 5) is 0. The molecule has 0 aliphatic heterocycles. The normalized spacial score (nSPS) is 30.1. The van der Waals surface area contributed by atoms with Gasteiger partial charge in [0.1, 0.15) is 5.82 Å². The molecule has 110 valence electrons. The quantitative estimate of drug-likeness (QED) is 0.823. The van der Waals surface area contributed by atoms with Crippen molar-refractivity contribution in [3.63, 3.8) is 0 Å². The summed E-state index contributed by atoms with van der Waals surface area (Å²) in [5, 5.41) is 3.15. The Balaban J connectivity index is 1.84. The van der Waals surface area contributed by atoms with Crippen molar-refractivity contribution in [2.45, 2.75) is 31.5 Å². The molecule has 3 atom stereocenters. The summed E-state index contributed by atoms with van der Waals surface area (Å²) in [6, 6.07) is 3.26. The second-order valence-electron chi connectivity index (χ2n) is 5.84. The fraction of sp³-hybridized carbons (Fsp3) is 0.600. The van der Waals surface area contributed by atoms with Crippen molar-refractivity contribution < 1.29 is 17.6 Å². The zero-order chi connectivity index (χ0) is 14.5. The van der Waals surface area contributed by atoms with Crippen LogP contribution < -0.4 is 5.32 Å². The van der Waals surface area contributed by atoms with E-state index in [1.807, 2.05) is 0 Å². The summed E-state index contributed by atoms with van der Waals surface area (Å²) in [5.74, 6) is 0.599. The monoisotopic (exact) mass is 287 g/mol. The maximum Gasteiger partial charge on any atom is 0.419 e. The van der Waals surface area contributed by atoms with Gasteiger partial charge in [-0.1, -0.05) is 12.5 Å². The van der Waals surface area contributed by atoms with E-state index in [0.717, 1.165) is 12.1 Å². The number of benzene rings is 1. The van der Waals surface area contributed by atoms with E-state index in [2.05, 4.69) is 5.32 Å². The second-order valence-corrected chi connectivity index (χ2v) is 5.84. The molecule has 2 aliphatic rings. The van der Waals surface area contributed by atoms with Gasteiger partial charge in [-0.15, -0.1) is 0 Å². The van der Waals surface area contributed by atoms with E-state index in [4.69, 9.17) is 0 Å². The van der Waals surface area contributed by atoms with Crippen LogP contribution in [0.5, 0.6) is 0 Å². The van der Waals surface area contributed by atoms with Crippen molar-refractivity contribution in [2.24, 2.45) is 17.8 Å². The first-order valence-corrected chi connectivity index (χ1v) is 6.97. The van der Waals surface area contributed by atoms with Gasteiger partial charge in [0.2, 0.25) is 0 Å². The van der Waals surface area contributed by atoms with Crippen LogP contribution >= 0.6 is 0 Å². The first kappa shape index (κ1) is 13.9. The molecule has 1 aromatic rings. The van der Waals surface area contributed by atoms with Gasteiger partial charge in [0, 0.05) is 6.04 Å². The fourth-order valence-electron chi connectivity index (χ4n) is 3.91. The van der Waals surface area contributed by atoms with Crippen molar-refractivity contribution >= 4 is 0 Å². The van der Waals surface area contributed by atoms with Crippen molar-refractivity contribution in [3.05, 3.63) is 35.1 Å². The van der Waals surface area contributed by atoms with E-state index in [-0.39, 0.29) is 6.04 Å². The van der Waals surface area contributed by atoms with Gasteiger partial charge in [0.25, 0.3) is 0 Å². The molecule has 3 rings (SSSR count). The van der Waals surface area contributed by atoms with Gasteiger partial charge in [0.05, 0.1) is 5.56 Å². The molecule has 0 radical (unpaired) electrons. The molecule has 3 unspecified atom stereocenters. The van der Waals surface area contributed by atoms with Crippen molar-refractivity contribution in [1.29, 1.82) is 0 Å². The maximum atomic E-state index is 13.7. The van der Waals surface area contributed by atoms with E-state index in [0.29, 0.717) is 23.3 Å². The third-order valence-corrected chi connectivity index (χ3v) is 4.83. The van der Waals surface area contributed by atoms with Gasteiger partial charge in [-0.25, -0.2) is 4.39 Å². The molecule has 0 aromatic heterocycles. The highest BCUT2D eigenvalue weighted by Gasteiger charge is 2.55. The summed E-state index contributed by atoms with van der Waals surface area (Å²) in [6.45, 7) is 0. The van der Waals surface area contributed by atoms with Crippen LogP contribution in [0.1, 0.15) is 36.4 Å². The first-order chi connectivity index (χ1) is 9.43. The van der Waals surface area contributed by atoms with Gasteiger partial charge in [-0.2, -0.15) is 13.2 Å². The van der Waals surface area contributed by atoms with Crippen LogP contribution in [0.2, 0.25) is 0 Å². The summed E-state index contributed by atoms with van der Waals surface area (Å²) in [5.41, 5.74) is -0.565. The number of alkyl halides is 3. The van der Waals surface area contributed by atoms with E-state index >= 15 is 0 Å². The number of hydrogen-bond acceptors (Lipinski definition) is 1. The van der Waals surface area contributed by atoms with Gasteiger partial charge in [0.15, 0.2) is 0 Å². The molecule has 5 heteroatoms. The van der Waals surface area contributed by atoms with E-state index in [9.17, 15) is 17.6 Å². The molecule has 1 aromatic carbocycles. The minimum absolute atomic E-state index is 0.0397. The molecular weight excluding hydrogens is 270 g/mol. The molecule has 0 saturated heterocycles. The molecule has 0 bridgehead atoms. The average molecular weight is 287 g/mol. The number of halogens is 4. The standard InChI is InChI=1S/C15H17F4N/c1-20-14(13-9-3-2-4-10(9)13)8-5-6-11(12(16)7-8)15(17,18)19/h5-7,9-10,13-14,20H,2-4H2,1H3. The molecule has 0 heterocycles. The lowest BCUT2D eigenvalue weighted by Crippen LogP contribution is -2.21. The summed E-state index contributed by atoms with van der Waals surface area (Å²) < 4.78 is 51.4. The molecule has 2 aliphatic carbocycles. The molecule has 20 heavy (non-hydrogen) atoms. The Morgan fingerprint density at radius 1 is 1.20 bits per heavy atom. The summed E-state index contributed by atoms with van der Waals surface area (Å²) >= 11 is 0. The number of nitrogens with one attached hydrogen (secondary N) is 1. The fourth-order valence-corrected chi connectivity index (χ4v) is 3.91. The van der Waals surface area contributed by atoms with Crippen molar-refractivity contribution in [3.8, 4) is 0 Å². The lowest BCUT2D eigenvalue weighted by atomic mass is 9.96. The highest BCUT2D eigenvalue weighted by Crippen LogP contribution is 2.62. The Labute approximate surface area is 115 Å². The maximum absolute atomic E-state index is 13.7.